The van der Waals surface area contributed by atoms with E-state index in [1.165, 1.54) is 0 Å². The van der Waals surface area contributed by atoms with Crippen LogP contribution in [0.2, 0.25) is 0 Å². The van der Waals surface area contributed by atoms with Crippen LogP contribution in [0.3, 0.4) is 0 Å². The Morgan fingerprint density at radius 1 is 1.34 bits per heavy atom. The fraction of sp³-hybridized carbons (Fsp3) is 0.667. The van der Waals surface area contributed by atoms with E-state index in [0.717, 1.165) is 50.2 Å². The molecule has 2 unspecified atom stereocenters. The maximum absolute atomic E-state index is 11.9. The van der Waals surface area contributed by atoms with Gasteiger partial charge in [0.25, 0.3) is 0 Å². The number of likely N-dealkylation sites (tertiary alicyclic amines) is 1. The minimum atomic E-state index is -0.421. The first-order valence-corrected chi connectivity index (χ1v) is 10.2. The van der Waals surface area contributed by atoms with E-state index in [2.05, 4.69) is 16.3 Å². The van der Waals surface area contributed by atoms with Crippen LogP contribution in [0.4, 0.5) is 4.79 Å². The molecule has 2 saturated heterocycles. The summed E-state index contributed by atoms with van der Waals surface area (Å²) in [6.07, 6.45) is 2.40. The Kier molecular flexibility index (Phi) is 8.11. The van der Waals surface area contributed by atoms with Crippen LogP contribution in [-0.2, 0) is 20.8 Å². The Labute approximate surface area is 172 Å². The first kappa shape index (κ1) is 21.8. The summed E-state index contributed by atoms with van der Waals surface area (Å²) in [7, 11) is 1.57. The van der Waals surface area contributed by atoms with Crippen molar-refractivity contribution in [2.24, 2.45) is 0 Å². The fourth-order valence-electron chi connectivity index (χ4n) is 4.14. The van der Waals surface area contributed by atoms with Crippen molar-refractivity contribution in [1.29, 1.82) is 0 Å². The van der Waals surface area contributed by atoms with Crippen LogP contribution in [-0.4, -0.2) is 81.0 Å². The predicted octanol–water partition coefficient (Wildman–Crippen LogP) is 1.55. The molecule has 0 aliphatic carbocycles. The van der Waals surface area contributed by atoms with Gasteiger partial charge >= 0.3 is 6.09 Å². The number of ether oxygens (including phenoxy) is 4. The number of hydrogen-bond donors (Lipinski definition) is 2. The van der Waals surface area contributed by atoms with Gasteiger partial charge in [-0.1, -0.05) is 18.2 Å². The third-order valence-corrected chi connectivity index (χ3v) is 5.39. The molecule has 1 amide bonds. The highest BCUT2D eigenvalue weighted by Gasteiger charge is 2.44. The lowest BCUT2D eigenvalue weighted by Crippen LogP contribution is -2.48. The van der Waals surface area contributed by atoms with E-state index in [1.54, 1.807) is 7.11 Å². The lowest BCUT2D eigenvalue weighted by molar-refractivity contribution is -0.0535. The summed E-state index contributed by atoms with van der Waals surface area (Å²) >= 11 is 0. The molecule has 29 heavy (non-hydrogen) atoms. The van der Waals surface area contributed by atoms with Crippen molar-refractivity contribution < 1.29 is 28.8 Å². The second-order valence-electron chi connectivity index (χ2n) is 7.66. The molecule has 1 spiro atoms. The fourth-order valence-corrected chi connectivity index (χ4v) is 4.14. The van der Waals surface area contributed by atoms with Gasteiger partial charge in [-0.2, -0.15) is 0 Å². The van der Waals surface area contributed by atoms with Crippen molar-refractivity contribution in [3.8, 4) is 5.75 Å². The number of alkyl carbamates (subject to hydrolysis) is 1. The molecule has 0 bridgehead atoms. The van der Waals surface area contributed by atoms with Crippen LogP contribution in [0.1, 0.15) is 24.8 Å². The summed E-state index contributed by atoms with van der Waals surface area (Å²) < 4.78 is 21.8. The zero-order valence-electron chi connectivity index (χ0n) is 17.1. The lowest BCUT2D eigenvalue weighted by atomic mass is 9.88. The number of nitrogens with one attached hydrogen (secondary N) is 1. The molecule has 2 N–H and O–H groups in total. The summed E-state index contributed by atoms with van der Waals surface area (Å²) in [6.45, 7) is 4.00. The molecule has 2 heterocycles. The molecule has 162 valence electrons. The van der Waals surface area contributed by atoms with E-state index >= 15 is 0 Å². The van der Waals surface area contributed by atoms with E-state index in [0.29, 0.717) is 13.2 Å². The van der Waals surface area contributed by atoms with Gasteiger partial charge in [-0.05, 0) is 25.5 Å². The van der Waals surface area contributed by atoms with Crippen LogP contribution in [0.25, 0.3) is 0 Å². The largest absolute Gasteiger partial charge is 0.491 e. The number of aliphatic hydroxyl groups is 1. The lowest BCUT2D eigenvalue weighted by Gasteiger charge is -2.40. The Morgan fingerprint density at radius 3 is 3.03 bits per heavy atom. The highest BCUT2D eigenvalue weighted by molar-refractivity contribution is 5.67. The highest BCUT2D eigenvalue weighted by atomic mass is 16.6. The zero-order chi connectivity index (χ0) is 20.5. The van der Waals surface area contributed by atoms with Crippen LogP contribution in [0, 0.1) is 0 Å². The van der Waals surface area contributed by atoms with Gasteiger partial charge < -0.3 is 29.4 Å². The number of benzene rings is 1. The van der Waals surface area contributed by atoms with Gasteiger partial charge in [0, 0.05) is 32.2 Å². The number of carbonyl (C=O) groups excluding carboxylic acids is 1. The van der Waals surface area contributed by atoms with Crippen molar-refractivity contribution in [2.45, 2.75) is 37.5 Å². The van der Waals surface area contributed by atoms with Crippen LogP contribution in [0.5, 0.6) is 5.75 Å². The molecule has 0 saturated carbocycles. The number of para-hydroxylation sites is 1. The molecule has 2 atom stereocenters. The second-order valence-corrected chi connectivity index (χ2v) is 7.66. The highest BCUT2D eigenvalue weighted by Crippen LogP contribution is 2.35. The average Bonchev–Trinajstić information content (AvgIpc) is 3.09. The molecule has 1 aromatic rings. The van der Waals surface area contributed by atoms with E-state index in [9.17, 15) is 4.79 Å². The molecule has 3 rings (SSSR count). The molecule has 2 aliphatic heterocycles. The average molecular weight is 408 g/mol. The van der Waals surface area contributed by atoms with Gasteiger partial charge in [-0.3, -0.25) is 4.90 Å². The van der Waals surface area contributed by atoms with E-state index in [1.807, 2.05) is 18.2 Å². The van der Waals surface area contributed by atoms with Crippen molar-refractivity contribution in [3.05, 3.63) is 29.8 Å². The van der Waals surface area contributed by atoms with E-state index < -0.39 is 6.09 Å². The van der Waals surface area contributed by atoms with Gasteiger partial charge in [0.1, 0.15) is 19.0 Å². The smallest absolute Gasteiger partial charge is 0.407 e. The monoisotopic (exact) mass is 408 g/mol. The minimum Gasteiger partial charge on any atom is -0.491 e. The third kappa shape index (κ3) is 6.30. The van der Waals surface area contributed by atoms with Gasteiger partial charge in [0.05, 0.1) is 31.5 Å². The molecular weight excluding hydrogens is 376 g/mol. The second kappa shape index (κ2) is 10.8. The number of rotatable bonds is 9. The quantitative estimate of drug-likeness (QED) is 0.599. The number of aliphatic hydroxyl groups excluding tert-OH is 1. The topological polar surface area (TPSA) is 89.5 Å². The number of hydrogen-bond acceptors (Lipinski definition) is 7. The van der Waals surface area contributed by atoms with E-state index in [4.69, 9.17) is 24.1 Å². The first-order chi connectivity index (χ1) is 14.1. The van der Waals surface area contributed by atoms with Gasteiger partial charge in [0.2, 0.25) is 0 Å². The van der Waals surface area contributed by atoms with Gasteiger partial charge in [-0.15, -0.1) is 0 Å². The number of nitrogens with zero attached hydrogens (tertiary/aromatic N) is 1. The predicted molar refractivity (Wildman–Crippen MR) is 107 cm³/mol. The molecule has 2 aliphatic rings. The third-order valence-electron chi connectivity index (χ3n) is 5.39. The number of amides is 1. The van der Waals surface area contributed by atoms with Crippen LogP contribution in [0.15, 0.2) is 24.3 Å². The Morgan fingerprint density at radius 2 is 2.21 bits per heavy atom. The summed E-state index contributed by atoms with van der Waals surface area (Å²) in [5, 5.41) is 11.9. The Balaban J connectivity index is 1.52. The number of methoxy groups -OCH3 is 1. The maximum Gasteiger partial charge on any atom is 0.407 e. The van der Waals surface area contributed by atoms with Crippen LogP contribution >= 0.6 is 0 Å². The molecule has 1 aromatic carbocycles. The van der Waals surface area contributed by atoms with Crippen molar-refractivity contribution in [2.75, 3.05) is 53.2 Å². The number of carbonyl (C=O) groups is 1. The standard InChI is InChI=1S/C21H32N2O6/c1-26-11-12-28-20(25)22-18-13-21(29-15-18)7-4-8-23(16-21)14-17-5-2-3-6-19(17)27-10-9-24/h2-3,5-6,18,24H,4,7-16H2,1H3,(H,22,25). The number of piperidine rings is 1. The summed E-state index contributed by atoms with van der Waals surface area (Å²) in [4.78, 5) is 14.3. The summed E-state index contributed by atoms with van der Waals surface area (Å²) in [5.74, 6) is 0.812. The van der Waals surface area contributed by atoms with Crippen molar-refractivity contribution in [1.82, 2.24) is 10.2 Å². The molecular formula is C21H32N2O6. The minimum absolute atomic E-state index is 0.00269. The Hall–Kier alpha value is -1.87. The summed E-state index contributed by atoms with van der Waals surface area (Å²) in [6, 6.07) is 7.90. The molecule has 8 heteroatoms. The first-order valence-electron chi connectivity index (χ1n) is 10.2. The SMILES string of the molecule is COCCOC(=O)NC1COC2(CCCN(Cc3ccccc3OCCO)C2)C1. The molecule has 0 radical (unpaired) electrons. The molecule has 0 aromatic heterocycles. The Bertz CT molecular complexity index is 658. The normalized spacial score (nSPS) is 24.6. The zero-order valence-corrected chi connectivity index (χ0v) is 17.1. The van der Waals surface area contributed by atoms with Gasteiger partial charge in [-0.25, -0.2) is 4.79 Å². The molecule has 2 fully saturated rings. The summed E-state index contributed by atoms with van der Waals surface area (Å²) in [5.41, 5.74) is 0.872. The maximum atomic E-state index is 11.9. The molecule has 8 nitrogen and oxygen atoms in total. The van der Waals surface area contributed by atoms with Gasteiger partial charge in [0.15, 0.2) is 0 Å². The van der Waals surface area contributed by atoms with Crippen molar-refractivity contribution in [3.63, 3.8) is 0 Å². The van der Waals surface area contributed by atoms with E-state index in [-0.39, 0.29) is 31.5 Å². The van der Waals surface area contributed by atoms with Crippen LogP contribution < -0.4 is 10.1 Å². The van der Waals surface area contributed by atoms with Crippen molar-refractivity contribution >= 4 is 6.09 Å².